The van der Waals surface area contributed by atoms with E-state index in [9.17, 15) is 9.59 Å². The van der Waals surface area contributed by atoms with Gasteiger partial charge in [-0.05, 0) is 76.0 Å². The number of rotatable bonds is 11. The Kier molecular flexibility index (Phi) is 10.4. The molecule has 1 fully saturated rings. The monoisotopic (exact) mass is 404 g/mol. The topological polar surface area (TPSA) is 74.6 Å². The molecule has 1 aliphatic carbocycles. The van der Waals surface area contributed by atoms with Gasteiger partial charge < -0.3 is 10.2 Å². The van der Waals surface area contributed by atoms with Crippen molar-refractivity contribution in [3.63, 3.8) is 0 Å². The summed E-state index contributed by atoms with van der Waals surface area (Å²) >= 11 is 0. The Morgan fingerprint density at radius 3 is 2.14 bits per heavy atom. The van der Waals surface area contributed by atoms with Crippen LogP contribution in [0.25, 0.3) is 0 Å². The molecule has 4 nitrogen and oxygen atoms in total. The quantitative estimate of drug-likeness (QED) is 0.294. The first-order valence-electron chi connectivity index (χ1n) is 11.0. The molecular formula is C25H40O4. The van der Waals surface area contributed by atoms with Crippen LogP contribution in [0.2, 0.25) is 0 Å². The van der Waals surface area contributed by atoms with Crippen molar-refractivity contribution in [1.29, 1.82) is 0 Å². The van der Waals surface area contributed by atoms with Crippen LogP contribution in [-0.4, -0.2) is 22.2 Å². The van der Waals surface area contributed by atoms with E-state index in [1.165, 1.54) is 43.3 Å². The van der Waals surface area contributed by atoms with Gasteiger partial charge in [0.2, 0.25) is 0 Å². The lowest BCUT2D eigenvalue weighted by Gasteiger charge is -2.43. The molecule has 1 saturated carbocycles. The molecule has 29 heavy (non-hydrogen) atoms. The minimum Gasteiger partial charge on any atom is -0.478 e. The fraction of sp³-hybridized carbons (Fsp3) is 0.680. The number of allylic oxidation sites excluding steroid dienone is 4. The van der Waals surface area contributed by atoms with E-state index in [-0.39, 0.29) is 12.0 Å². The molecule has 1 aliphatic rings. The highest BCUT2D eigenvalue weighted by Gasteiger charge is 2.36. The predicted octanol–water partition coefficient (Wildman–Crippen LogP) is 6.78. The maximum Gasteiger partial charge on any atom is 0.331 e. The molecular weight excluding hydrogens is 364 g/mol. The van der Waals surface area contributed by atoms with E-state index >= 15 is 0 Å². The summed E-state index contributed by atoms with van der Waals surface area (Å²) in [7, 11) is 0. The standard InChI is InChI=1S/C25H40O4/c1-18(11-7-13-21(24(28)29)17-23(26)27)9-6-10-19(2)14-15-22-20(3)12-8-16-25(22,4)5/h10-11,17,20,22H,6-9,12-16H2,1-5H3,(H,26,27)(H,28,29)/b18-11+,19-10+,21-17-. The van der Waals surface area contributed by atoms with Crippen molar-refractivity contribution in [2.24, 2.45) is 17.3 Å². The van der Waals surface area contributed by atoms with Gasteiger partial charge in [-0.3, -0.25) is 0 Å². The Bertz CT molecular complexity index is 652. The number of carboxylic acid groups (broad SMARTS) is 2. The van der Waals surface area contributed by atoms with Crippen molar-refractivity contribution < 1.29 is 19.8 Å². The lowest BCUT2D eigenvalue weighted by molar-refractivity contribution is -0.135. The second-order valence-corrected chi connectivity index (χ2v) is 9.49. The van der Waals surface area contributed by atoms with Gasteiger partial charge in [0.1, 0.15) is 0 Å². The minimum absolute atomic E-state index is 0.0582. The Labute approximate surface area is 176 Å². The molecule has 1 rings (SSSR count). The van der Waals surface area contributed by atoms with Crippen molar-refractivity contribution in [2.75, 3.05) is 0 Å². The van der Waals surface area contributed by atoms with E-state index in [1.54, 1.807) is 0 Å². The Morgan fingerprint density at radius 1 is 1.00 bits per heavy atom. The Morgan fingerprint density at radius 2 is 1.59 bits per heavy atom. The molecule has 4 heteroatoms. The zero-order valence-electron chi connectivity index (χ0n) is 19.0. The number of carbonyl (C=O) groups is 2. The molecule has 2 atom stereocenters. The van der Waals surface area contributed by atoms with Gasteiger partial charge in [0.25, 0.3) is 0 Å². The van der Waals surface area contributed by atoms with Crippen molar-refractivity contribution in [3.05, 3.63) is 34.9 Å². The summed E-state index contributed by atoms with van der Waals surface area (Å²) in [5, 5.41) is 17.7. The normalized spacial score (nSPS) is 23.1. The van der Waals surface area contributed by atoms with E-state index in [4.69, 9.17) is 10.2 Å². The van der Waals surface area contributed by atoms with Gasteiger partial charge in [0.15, 0.2) is 0 Å². The molecule has 0 aromatic rings. The van der Waals surface area contributed by atoms with Gasteiger partial charge in [0.05, 0.1) is 0 Å². The molecule has 0 aromatic carbocycles. The van der Waals surface area contributed by atoms with Gasteiger partial charge >= 0.3 is 11.9 Å². The van der Waals surface area contributed by atoms with E-state index in [2.05, 4.69) is 40.7 Å². The Balaban J connectivity index is 2.42. The zero-order valence-corrected chi connectivity index (χ0v) is 19.0. The third kappa shape index (κ3) is 9.47. The first kappa shape index (κ1) is 25.2. The lowest BCUT2D eigenvalue weighted by atomic mass is 9.62. The third-order valence-corrected chi connectivity index (χ3v) is 6.53. The molecule has 0 saturated heterocycles. The molecule has 0 radical (unpaired) electrons. The van der Waals surface area contributed by atoms with Gasteiger partial charge in [-0.1, -0.05) is 56.9 Å². The molecule has 2 unspecified atom stereocenters. The number of hydrogen-bond acceptors (Lipinski definition) is 2. The third-order valence-electron chi connectivity index (χ3n) is 6.53. The highest BCUT2D eigenvalue weighted by atomic mass is 16.4. The molecule has 0 aromatic heterocycles. The van der Waals surface area contributed by atoms with Crippen LogP contribution in [0, 0.1) is 17.3 Å². The largest absolute Gasteiger partial charge is 0.478 e. The lowest BCUT2D eigenvalue weighted by Crippen LogP contribution is -2.33. The van der Waals surface area contributed by atoms with E-state index in [0.29, 0.717) is 11.8 Å². The van der Waals surface area contributed by atoms with Gasteiger partial charge in [-0.25, -0.2) is 9.59 Å². The molecule has 2 N–H and O–H groups in total. The van der Waals surface area contributed by atoms with E-state index in [1.807, 2.05) is 6.08 Å². The van der Waals surface area contributed by atoms with Crippen LogP contribution in [0.3, 0.4) is 0 Å². The molecule has 164 valence electrons. The highest BCUT2D eigenvalue weighted by Crippen LogP contribution is 2.46. The first-order chi connectivity index (χ1) is 13.5. The number of hydrogen-bond donors (Lipinski definition) is 2. The van der Waals surface area contributed by atoms with Crippen LogP contribution in [0.5, 0.6) is 0 Å². The summed E-state index contributed by atoms with van der Waals surface area (Å²) in [6.07, 6.45) is 14.4. The second-order valence-electron chi connectivity index (χ2n) is 9.49. The smallest absolute Gasteiger partial charge is 0.331 e. The summed E-state index contributed by atoms with van der Waals surface area (Å²) in [6.45, 7) is 11.6. The zero-order chi connectivity index (χ0) is 22.0. The predicted molar refractivity (Wildman–Crippen MR) is 119 cm³/mol. The number of carboxylic acids is 2. The molecule has 0 spiro atoms. The summed E-state index contributed by atoms with van der Waals surface area (Å²) in [5.74, 6) is -0.742. The van der Waals surface area contributed by atoms with E-state index in [0.717, 1.165) is 30.8 Å². The summed E-state index contributed by atoms with van der Waals surface area (Å²) in [6, 6.07) is 0. The van der Waals surface area contributed by atoms with Crippen molar-refractivity contribution in [2.45, 2.75) is 92.4 Å². The van der Waals surface area contributed by atoms with Crippen LogP contribution in [0.4, 0.5) is 0 Å². The van der Waals surface area contributed by atoms with Crippen molar-refractivity contribution in [1.82, 2.24) is 0 Å². The summed E-state index contributed by atoms with van der Waals surface area (Å²) in [4.78, 5) is 21.7. The van der Waals surface area contributed by atoms with E-state index < -0.39 is 11.9 Å². The fourth-order valence-corrected chi connectivity index (χ4v) is 4.71. The van der Waals surface area contributed by atoms with Gasteiger partial charge in [-0.15, -0.1) is 0 Å². The highest BCUT2D eigenvalue weighted by molar-refractivity contribution is 5.94. The van der Waals surface area contributed by atoms with Crippen LogP contribution < -0.4 is 0 Å². The summed E-state index contributed by atoms with van der Waals surface area (Å²) < 4.78 is 0. The maximum atomic E-state index is 11.0. The van der Waals surface area contributed by atoms with Crippen LogP contribution in [0.1, 0.15) is 92.4 Å². The SMILES string of the molecule is C/C(=C\CC/C(=C/C(=O)O)C(=O)O)CC/C=C(\C)CCC1C(C)CCCC1(C)C. The summed E-state index contributed by atoms with van der Waals surface area (Å²) in [5.41, 5.74) is 3.08. The van der Waals surface area contributed by atoms with Crippen LogP contribution in [-0.2, 0) is 9.59 Å². The molecule has 0 heterocycles. The van der Waals surface area contributed by atoms with Crippen molar-refractivity contribution >= 4 is 11.9 Å². The van der Waals surface area contributed by atoms with Crippen molar-refractivity contribution in [3.8, 4) is 0 Å². The minimum atomic E-state index is -1.21. The average Bonchev–Trinajstić information content (AvgIpc) is 2.59. The Hall–Kier alpha value is -1.84. The number of aliphatic carboxylic acids is 2. The molecule has 0 aliphatic heterocycles. The molecule has 0 amide bonds. The average molecular weight is 405 g/mol. The first-order valence-corrected chi connectivity index (χ1v) is 11.0. The molecule has 0 bridgehead atoms. The maximum absolute atomic E-state index is 11.0. The fourth-order valence-electron chi connectivity index (χ4n) is 4.71. The second kappa shape index (κ2) is 12.0. The van der Waals surface area contributed by atoms with Crippen LogP contribution in [0.15, 0.2) is 34.9 Å². The van der Waals surface area contributed by atoms with Gasteiger partial charge in [-0.2, -0.15) is 0 Å². The van der Waals surface area contributed by atoms with Crippen LogP contribution >= 0.6 is 0 Å². The van der Waals surface area contributed by atoms with Gasteiger partial charge in [0, 0.05) is 11.6 Å².